The summed E-state index contributed by atoms with van der Waals surface area (Å²) in [7, 11) is 1.60. The van der Waals surface area contributed by atoms with Crippen molar-refractivity contribution in [3.8, 4) is 5.75 Å². The minimum Gasteiger partial charge on any atom is -0.497 e. The molecule has 5 nitrogen and oxygen atoms in total. The first kappa shape index (κ1) is 17.8. The number of anilines is 2. The van der Waals surface area contributed by atoms with Crippen molar-refractivity contribution in [1.29, 1.82) is 0 Å². The van der Waals surface area contributed by atoms with E-state index in [0.717, 1.165) is 17.0 Å². The van der Waals surface area contributed by atoms with E-state index in [4.69, 9.17) is 16.3 Å². The van der Waals surface area contributed by atoms with Crippen molar-refractivity contribution in [1.82, 2.24) is 4.98 Å². The number of nitrogens with zero attached hydrogens (tertiary/aromatic N) is 1. The van der Waals surface area contributed by atoms with Crippen molar-refractivity contribution >= 4 is 28.9 Å². The molecule has 2 N–H and O–H groups in total. The Morgan fingerprint density at radius 2 is 1.77 bits per heavy atom. The second-order valence-electron chi connectivity index (χ2n) is 5.59. The van der Waals surface area contributed by atoms with Gasteiger partial charge in [0, 0.05) is 29.1 Å². The number of benzene rings is 2. The number of pyridine rings is 1. The summed E-state index contributed by atoms with van der Waals surface area (Å²) in [6, 6.07) is 18.3. The van der Waals surface area contributed by atoms with Crippen LogP contribution in [0.15, 0.2) is 66.9 Å². The molecule has 1 heterocycles. The molecular formula is C20H18ClN3O2. The number of hydrogen-bond acceptors (Lipinski definition) is 4. The highest BCUT2D eigenvalue weighted by Crippen LogP contribution is 2.17. The monoisotopic (exact) mass is 367 g/mol. The van der Waals surface area contributed by atoms with E-state index in [1.54, 1.807) is 43.6 Å². The van der Waals surface area contributed by atoms with Crippen LogP contribution in [0.4, 0.5) is 11.4 Å². The first-order valence-corrected chi connectivity index (χ1v) is 8.41. The lowest BCUT2D eigenvalue weighted by Gasteiger charge is -2.09. The largest absolute Gasteiger partial charge is 0.497 e. The molecule has 0 aliphatic carbocycles. The molecule has 0 bridgehead atoms. The van der Waals surface area contributed by atoms with Crippen LogP contribution in [-0.4, -0.2) is 18.0 Å². The fourth-order valence-electron chi connectivity index (χ4n) is 2.34. The third-order valence-corrected chi connectivity index (χ3v) is 4.00. The third-order valence-electron chi connectivity index (χ3n) is 3.75. The number of carbonyl (C=O) groups excluding carboxylic acids is 1. The van der Waals surface area contributed by atoms with Crippen LogP contribution in [0.25, 0.3) is 0 Å². The van der Waals surface area contributed by atoms with E-state index in [1.807, 2.05) is 30.3 Å². The number of hydrogen-bond donors (Lipinski definition) is 2. The Morgan fingerprint density at radius 1 is 1.04 bits per heavy atom. The van der Waals surface area contributed by atoms with Crippen LogP contribution < -0.4 is 15.4 Å². The fraction of sp³-hybridized carbons (Fsp3) is 0.100. The average Bonchev–Trinajstić information content (AvgIpc) is 2.68. The highest BCUT2D eigenvalue weighted by Gasteiger charge is 2.09. The van der Waals surface area contributed by atoms with E-state index in [9.17, 15) is 4.79 Å². The summed E-state index contributed by atoms with van der Waals surface area (Å²) < 4.78 is 5.10. The second-order valence-corrected chi connectivity index (χ2v) is 6.03. The zero-order valence-corrected chi connectivity index (χ0v) is 15.0. The normalized spacial score (nSPS) is 10.2. The van der Waals surface area contributed by atoms with Gasteiger partial charge < -0.3 is 15.4 Å². The van der Waals surface area contributed by atoms with E-state index in [1.165, 1.54) is 0 Å². The summed E-state index contributed by atoms with van der Waals surface area (Å²) >= 11 is 5.89. The predicted molar refractivity (Wildman–Crippen MR) is 104 cm³/mol. The number of carbonyl (C=O) groups is 1. The standard InChI is InChI=1S/C20H18ClN3O2/c1-26-18-8-6-16(7-9-18)24-20(25)19-12-17(10-11-22-19)23-13-14-2-4-15(21)5-3-14/h2-12H,13H2,1H3,(H,22,23)(H,24,25). The molecule has 132 valence electrons. The molecule has 0 unspecified atom stereocenters. The molecule has 1 amide bonds. The molecule has 26 heavy (non-hydrogen) atoms. The summed E-state index contributed by atoms with van der Waals surface area (Å²) in [4.78, 5) is 16.5. The Morgan fingerprint density at radius 3 is 2.46 bits per heavy atom. The molecule has 0 atom stereocenters. The smallest absolute Gasteiger partial charge is 0.274 e. The van der Waals surface area contributed by atoms with Crippen LogP contribution in [0, 0.1) is 0 Å². The minimum absolute atomic E-state index is 0.273. The number of methoxy groups -OCH3 is 1. The summed E-state index contributed by atoms with van der Waals surface area (Å²) in [5, 5.41) is 6.80. The Kier molecular flexibility index (Phi) is 5.71. The summed E-state index contributed by atoms with van der Waals surface area (Å²) in [6.45, 7) is 0.626. The molecule has 0 aliphatic rings. The van der Waals surface area contributed by atoms with Crippen molar-refractivity contribution in [2.75, 3.05) is 17.7 Å². The quantitative estimate of drug-likeness (QED) is 0.668. The summed E-state index contributed by atoms with van der Waals surface area (Å²) in [6.07, 6.45) is 1.60. The third kappa shape index (κ3) is 4.74. The lowest BCUT2D eigenvalue weighted by Crippen LogP contribution is -2.14. The van der Waals surface area contributed by atoms with Crippen molar-refractivity contribution in [3.63, 3.8) is 0 Å². The van der Waals surface area contributed by atoms with E-state index in [-0.39, 0.29) is 5.91 Å². The lowest BCUT2D eigenvalue weighted by molar-refractivity contribution is 0.102. The average molecular weight is 368 g/mol. The highest BCUT2D eigenvalue weighted by atomic mass is 35.5. The molecule has 0 saturated heterocycles. The van der Waals surface area contributed by atoms with Crippen molar-refractivity contribution in [2.24, 2.45) is 0 Å². The van der Waals surface area contributed by atoms with Crippen LogP contribution in [0.3, 0.4) is 0 Å². The number of aromatic nitrogens is 1. The topological polar surface area (TPSA) is 63.2 Å². The highest BCUT2D eigenvalue weighted by molar-refractivity contribution is 6.30. The van der Waals surface area contributed by atoms with Crippen LogP contribution in [-0.2, 0) is 6.54 Å². The van der Waals surface area contributed by atoms with Gasteiger partial charge in [0.1, 0.15) is 11.4 Å². The second kappa shape index (κ2) is 8.36. The van der Waals surface area contributed by atoms with Gasteiger partial charge in [0.15, 0.2) is 0 Å². The van der Waals surface area contributed by atoms with Gasteiger partial charge in [0.05, 0.1) is 7.11 Å². The molecule has 2 aromatic carbocycles. The molecule has 0 fully saturated rings. The zero-order valence-electron chi connectivity index (χ0n) is 14.2. The van der Waals surface area contributed by atoms with Gasteiger partial charge in [0.25, 0.3) is 5.91 Å². The van der Waals surface area contributed by atoms with Gasteiger partial charge in [-0.2, -0.15) is 0 Å². The molecule has 3 aromatic rings. The SMILES string of the molecule is COc1ccc(NC(=O)c2cc(NCc3ccc(Cl)cc3)ccn2)cc1. The first-order valence-electron chi connectivity index (χ1n) is 8.04. The number of ether oxygens (including phenoxy) is 1. The summed E-state index contributed by atoms with van der Waals surface area (Å²) in [5.41, 5.74) is 2.92. The Hall–Kier alpha value is -3.05. The van der Waals surface area contributed by atoms with Gasteiger partial charge in [-0.15, -0.1) is 0 Å². The van der Waals surface area contributed by atoms with Crippen molar-refractivity contribution in [2.45, 2.75) is 6.54 Å². The van der Waals surface area contributed by atoms with Gasteiger partial charge >= 0.3 is 0 Å². The van der Waals surface area contributed by atoms with Gasteiger partial charge in [0.2, 0.25) is 0 Å². The van der Waals surface area contributed by atoms with Crippen LogP contribution in [0.2, 0.25) is 5.02 Å². The van der Waals surface area contributed by atoms with E-state index in [2.05, 4.69) is 15.6 Å². The predicted octanol–water partition coefficient (Wildman–Crippen LogP) is 4.61. The number of halogens is 1. The van der Waals surface area contributed by atoms with E-state index >= 15 is 0 Å². The number of rotatable bonds is 6. The molecule has 0 radical (unpaired) electrons. The van der Waals surface area contributed by atoms with Crippen molar-refractivity contribution in [3.05, 3.63) is 83.1 Å². The fourth-order valence-corrected chi connectivity index (χ4v) is 2.47. The molecule has 0 spiro atoms. The number of nitrogens with one attached hydrogen (secondary N) is 2. The maximum atomic E-state index is 12.4. The molecule has 0 aliphatic heterocycles. The van der Waals surface area contributed by atoms with Gasteiger partial charge in [-0.25, -0.2) is 0 Å². The molecule has 3 rings (SSSR count). The van der Waals surface area contributed by atoms with Crippen LogP contribution >= 0.6 is 11.6 Å². The van der Waals surface area contributed by atoms with E-state index < -0.39 is 0 Å². The Balaban J connectivity index is 1.63. The maximum absolute atomic E-state index is 12.4. The van der Waals surface area contributed by atoms with E-state index in [0.29, 0.717) is 22.9 Å². The van der Waals surface area contributed by atoms with Gasteiger partial charge in [-0.05, 0) is 54.1 Å². The Bertz CT molecular complexity index is 880. The van der Waals surface area contributed by atoms with Crippen LogP contribution in [0.1, 0.15) is 16.1 Å². The molecule has 0 saturated carbocycles. The van der Waals surface area contributed by atoms with Crippen LogP contribution in [0.5, 0.6) is 5.75 Å². The maximum Gasteiger partial charge on any atom is 0.274 e. The van der Waals surface area contributed by atoms with Crippen molar-refractivity contribution < 1.29 is 9.53 Å². The molecule has 1 aromatic heterocycles. The minimum atomic E-state index is -0.273. The Labute approximate surface area is 157 Å². The van der Waals surface area contributed by atoms with Gasteiger partial charge in [-0.3, -0.25) is 9.78 Å². The molecule has 6 heteroatoms. The first-order chi connectivity index (χ1) is 12.6. The lowest BCUT2D eigenvalue weighted by atomic mass is 10.2. The molecular weight excluding hydrogens is 350 g/mol. The van der Waals surface area contributed by atoms with Gasteiger partial charge in [-0.1, -0.05) is 23.7 Å². The zero-order chi connectivity index (χ0) is 18.4. The number of amides is 1. The summed E-state index contributed by atoms with van der Waals surface area (Å²) in [5.74, 6) is 0.458.